The third kappa shape index (κ3) is 2.96. The highest BCUT2D eigenvalue weighted by Gasteiger charge is 2.11. The van der Waals surface area contributed by atoms with Crippen molar-refractivity contribution in [2.45, 2.75) is 6.42 Å². The molecule has 0 aromatic carbocycles. The highest BCUT2D eigenvalue weighted by atomic mass is 32.1. The summed E-state index contributed by atoms with van der Waals surface area (Å²) in [7, 11) is 0. The summed E-state index contributed by atoms with van der Waals surface area (Å²) in [6.07, 6.45) is 2.48. The number of nitrogens with zero attached hydrogens (tertiary/aromatic N) is 2. The van der Waals surface area contributed by atoms with E-state index in [9.17, 15) is 0 Å². The second-order valence-electron chi connectivity index (χ2n) is 4.64. The highest BCUT2D eigenvalue weighted by molar-refractivity contribution is 7.22. The van der Waals surface area contributed by atoms with Crippen LogP contribution in [0.1, 0.15) is 6.42 Å². The Labute approximate surface area is 126 Å². The molecule has 3 aromatic rings. The first kappa shape index (κ1) is 13.8. The van der Waals surface area contributed by atoms with Crippen molar-refractivity contribution < 1.29 is 5.11 Å². The van der Waals surface area contributed by atoms with Crippen LogP contribution >= 0.6 is 11.3 Å². The van der Waals surface area contributed by atoms with Crippen LogP contribution in [0.25, 0.3) is 20.8 Å². The van der Waals surface area contributed by atoms with Crippen LogP contribution in [-0.4, -0.2) is 28.2 Å². The molecule has 21 heavy (non-hydrogen) atoms. The monoisotopic (exact) mass is 300 g/mol. The smallest absolute Gasteiger partial charge is 0.126 e. The zero-order valence-corrected chi connectivity index (χ0v) is 12.2. The van der Waals surface area contributed by atoms with Crippen molar-refractivity contribution in [3.63, 3.8) is 0 Å². The van der Waals surface area contributed by atoms with Gasteiger partial charge in [-0.05, 0) is 24.6 Å². The van der Waals surface area contributed by atoms with Crippen molar-refractivity contribution in [2.24, 2.45) is 0 Å². The van der Waals surface area contributed by atoms with Crippen LogP contribution in [0.4, 0.5) is 11.5 Å². The van der Waals surface area contributed by atoms with Gasteiger partial charge in [0.15, 0.2) is 0 Å². The van der Waals surface area contributed by atoms with E-state index in [0.29, 0.717) is 18.8 Å². The largest absolute Gasteiger partial charge is 0.396 e. The fourth-order valence-corrected chi connectivity index (χ4v) is 3.18. The second kappa shape index (κ2) is 6.07. The van der Waals surface area contributed by atoms with E-state index in [1.54, 1.807) is 17.5 Å². The Kier molecular flexibility index (Phi) is 3.98. The van der Waals surface area contributed by atoms with Crippen molar-refractivity contribution >= 4 is 33.1 Å². The third-order valence-electron chi connectivity index (χ3n) is 3.07. The number of fused-ring (bicyclic) bond motifs is 1. The molecule has 0 bridgehead atoms. The van der Waals surface area contributed by atoms with Crippen LogP contribution in [0.15, 0.2) is 36.5 Å². The fourth-order valence-electron chi connectivity index (χ4n) is 2.11. The lowest BCUT2D eigenvalue weighted by Crippen LogP contribution is -2.04. The molecule has 0 radical (unpaired) electrons. The number of nitrogen functional groups attached to an aromatic ring is 1. The van der Waals surface area contributed by atoms with Gasteiger partial charge in [0.1, 0.15) is 5.82 Å². The average Bonchev–Trinajstić information content (AvgIpc) is 2.92. The van der Waals surface area contributed by atoms with E-state index in [2.05, 4.69) is 15.3 Å². The lowest BCUT2D eigenvalue weighted by molar-refractivity contribution is 0.292. The summed E-state index contributed by atoms with van der Waals surface area (Å²) in [6, 6.07) is 9.69. The molecule has 0 saturated carbocycles. The summed E-state index contributed by atoms with van der Waals surface area (Å²) in [6.45, 7) is 0.867. The number of aromatic nitrogens is 2. The molecule has 3 rings (SSSR count). The molecule has 0 spiro atoms. The van der Waals surface area contributed by atoms with Crippen LogP contribution in [0.2, 0.25) is 0 Å². The van der Waals surface area contributed by atoms with Gasteiger partial charge in [-0.25, -0.2) is 4.98 Å². The van der Waals surface area contributed by atoms with E-state index in [0.717, 1.165) is 26.5 Å². The van der Waals surface area contributed by atoms with Gasteiger partial charge in [-0.15, -0.1) is 11.3 Å². The zero-order chi connectivity index (χ0) is 14.7. The minimum atomic E-state index is 0.167. The maximum absolute atomic E-state index is 8.88. The van der Waals surface area contributed by atoms with Gasteiger partial charge in [0.05, 0.1) is 26.5 Å². The number of aliphatic hydroxyl groups is 1. The topological polar surface area (TPSA) is 84.1 Å². The van der Waals surface area contributed by atoms with Crippen LogP contribution in [0.3, 0.4) is 0 Å². The zero-order valence-electron chi connectivity index (χ0n) is 11.4. The van der Waals surface area contributed by atoms with Crippen LogP contribution in [0.5, 0.6) is 0 Å². The predicted molar refractivity (Wildman–Crippen MR) is 87.5 cm³/mol. The quantitative estimate of drug-likeness (QED) is 0.631. The first-order valence-electron chi connectivity index (χ1n) is 6.74. The van der Waals surface area contributed by atoms with Gasteiger partial charge in [0.25, 0.3) is 0 Å². The number of nitrogens with two attached hydrogens (primary N) is 1. The van der Waals surface area contributed by atoms with E-state index in [-0.39, 0.29) is 6.61 Å². The molecule has 0 aliphatic rings. The minimum absolute atomic E-state index is 0.167. The molecule has 0 saturated heterocycles. The molecule has 108 valence electrons. The normalized spacial score (nSPS) is 10.9. The number of aliphatic hydroxyl groups excluding tert-OH is 1. The van der Waals surface area contributed by atoms with Gasteiger partial charge in [0, 0.05) is 25.4 Å². The SMILES string of the molecule is Nc1cc(NCCCO)c2sc(-c3ccccn3)cc2n1. The first-order valence-corrected chi connectivity index (χ1v) is 7.56. The van der Waals surface area contributed by atoms with Gasteiger partial charge in [-0.3, -0.25) is 4.98 Å². The summed E-state index contributed by atoms with van der Waals surface area (Å²) in [4.78, 5) is 9.82. The number of nitrogens with one attached hydrogen (secondary N) is 1. The molecule has 4 N–H and O–H groups in total. The first-order chi connectivity index (χ1) is 10.3. The molecule has 0 unspecified atom stereocenters. The van der Waals surface area contributed by atoms with E-state index in [1.807, 2.05) is 30.3 Å². The Bertz CT molecular complexity index is 742. The number of hydrogen-bond donors (Lipinski definition) is 3. The molecule has 0 fully saturated rings. The van der Waals surface area contributed by atoms with Gasteiger partial charge in [-0.2, -0.15) is 0 Å². The third-order valence-corrected chi connectivity index (χ3v) is 4.25. The Balaban J connectivity index is 2.02. The molecule has 0 atom stereocenters. The Morgan fingerprint density at radius 1 is 1.29 bits per heavy atom. The minimum Gasteiger partial charge on any atom is -0.396 e. The summed E-state index contributed by atoms with van der Waals surface area (Å²) >= 11 is 1.64. The van der Waals surface area contributed by atoms with Crippen molar-refractivity contribution in [3.8, 4) is 10.6 Å². The fraction of sp³-hybridized carbons (Fsp3) is 0.200. The van der Waals surface area contributed by atoms with Gasteiger partial charge in [0.2, 0.25) is 0 Å². The number of rotatable bonds is 5. The number of hydrogen-bond acceptors (Lipinski definition) is 6. The predicted octanol–water partition coefficient (Wildman–Crippen LogP) is 2.73. The molecule has 0 amide bonds. The van der Waals surface area contributed by atoms with Crippen molar-refractivity contribution in [1.82, 2.24) is 9.97 Å². The summed E-state index contributed by atoms with van der Waals surface area (Å²) in [5.74, 6) is 0.486. The lowest BCUT2D eigenvalue weighted by atomic mass is 10.2. The molecule has 6 heteroatoms. The van der Waals surface area contributed by atoms with Crippen LogP contribution in [-0.2, 0) is 0 Å². The standard InChI is InChI=1S/C15H16N4OS/c16-14-9-11(18-6-3-7-20)15-12(19-14)8-13(21-15)10-4-1-2-5-17-10/h1-2,4-5,8-9,20H,3,6-7H2,(H3,16,18,19). The molecule has 0 aliphatic carbocycles. The van der Waals surface area contributed by atoms with E-state index >= 15 is 0 Å². The molecule has 3 aromatic heterocycles. The van der Waals surface area contributed by atoms with Gasteiger partial charge < -0.3 is 16.2 Å². The summed E-state index contributed by atoms with van der Waals surface area (Å²) in [5, 5.41) is 12.2. The maximum atomic E-state index is 8.88. The van der Waals surface area contributed by atoms with Crippen molar-refractivity contribution in [2.75, 3.05) is 24.2 Å². The molecule has 5 nitrogen and oxygen atoms in total. The molecular formula is C15H16N4OS. The van der Waals surface area contributed by atoms with E-state index < -0.39 is 0 Å². The Morgan fingerprint density at radius 3 is 2.95 bits per heavy atom. The number of pyridine rings is 2. The van der Waals surface area contributed by atoms with Crippen LogP contribution in [0, 0.1) is 0 Å². The Morgan fingerprint density at radius 2 is 2.19 bits per heavy atom. The number of thiophene rings is 1. The second-order valence-corrected chi connectivity index (χ2v) is 5.69. The molecular weight excluding hydrogens is 284 g/mol. The van der Waals surface area contributed by atoms with Gasteiger partial charge >= 0.3 is 0 Å². The van der Waals surface area contributed by atoms with Crippen molar-refractivity contribution in [3.05, 3.63) is 36.5 Å². The maximum Gasteiger partial charge on any atom is 0.126 e. The Hall–Kier alpha value is -2.18. The molecule has 0 aliphatic heterocycles. The number of anilines is 2. The van der Waals surface area contributed by atoms with Crippen LogP contribution < -0.4 is 11.1 Å². The van der Waals surface area contributed by atoms with E-state index in [1.165, 1.54) is 0 Å². The average molecular weight is 300 g/mol. The highest BCUT2D eigenvalue weighted by Crippen LogP contribution is 2.36. The molecule has 3 heterocycles. The summed E-state index contributed by atoms with van der Waals surface area (Å²) in [5.41, 5.74) is 8.62. The summed E-state index contributed by atoms with van der Waals surface area (Å²) < 4.78 is 1.06. The van der Waals surface area contributed by atoms with Crippen molar-refractivity contribution in [1.29, 1.82) is 0 Å². The van der Waals surface area contributed by atoms with Gasteiger partial charge in [-0.1, -0.05) is 6.07 Å². The van der Waals surface area contributed by atoms with E-state index in [4.69, 9.17) is 10.8 Å². The lowest BCUT2D eigenvalue weighted by Gasteiger charge is -2.07.